The Morgan fingerprint density at radius 3 is 2.55 bits per heavy atom. The first kappa shape index (κ1) is 26.7. The molecule has 1 aliphatic heterocycles. The van der Waals surface area contributed by atoms with Crippen LogP contribution in [0, 0.1) is 5.41 Å². The molecule has 0 spiro atoms. The van der Waals surface area contributed by atoms with Gasteiger partial charge in [0.1, 0.15) is 6.61 Å². The lowest BCUT2D eigenvalue weighted by Gasteiger charge is -2.40. The number of allylic oxidation sites excluding steroid dienone is 1. The molecule has 6 rings (SSSR count). The molecule has 0 bridgehead atoms. The number of benzene rings is 4. The summed E-state index contributed by atoms with van der Waals surface area (Å²) < 4.78 is 12.2. The summed E-state index contributed by atoms with van der Waals surface area (Å²) in [6.45, 7) is 7.07. The van der Waals surface area contributed by atoms with Gasteiger partial charge in [0, 0.05) is 38.9 Å². The van der Waals surface area contributed by atoms with Gasteiger partial charge in [-0.25, -0.2) is 0 Å². The van der Waals surface area contributed by atoms with E-state index in [-0.39, 0.29) is 23.8 Å². The molecule has 1 atom stereocenters. The molecule has 0 saturated carbocycles. The van der Waals surface area contributed by atoms with Crippen molar-refractivity contribution in [1.82, 2.24) is 0 Å². The van der Waals surface area contributed by atoms with Crippen LogP contribution >= 0.6 is 23.2 Å². The topological polar surface area (TPSA) is 47.6 Å². The zero-order chi connectivity index (χ0) is 28.0. The van der Waals surface area contributed by atoms with Gasteiger partial charge in [-0.2, -0.15) is 0 Å². The molecular formula is C34H31Cl2NO3. The van der Waals surface area contributed by atoms with Crippen LogP contribution in [0.2, 0.25) is 10.0 Å². The van der Waals surface area contributed by atoms with Gasteiger partial charge in [-0.05, 0) is 71.0 Å². The first-order valence-corrected chi connectivity index (χ1v) is 14.4. The highest BCUT2D eigenvalue weighted by atomic mass is 35.5. The lowest BCUT2D eigenvalue weighted by molar-refractivity contribution is -0.118. The number of ketones is 1. The van der Waals surface area contributed by atoms with E-state index in [2.05, 4.69) is 55.6 Å². The molecule has 0 radical (unpaired) electrons. The predicted molar refractivity (Wildman–Crippen MR) is 164 cm³/mol. The highest BCUT2D eigenvalue weighted by Crippen LogP contribution is 2.52. The first-order valence-electron chi connectivity index (χ1n) is 13.6. The molecule has 1 N–H and O–H groups in total. The number of anilines is 1. The van der Waals surface area contributed by atoms with Crippen molar-refractivity contribution in [2.75, 3.05) is 11.9 Å². The average Bonchev–Trinajstić information content (AvgIpc) is 2.92. The minimum atomic E-state index is -0.286. The third-order valence-corrected chi connectivity index (χ3v) is 8.33. The molecule has 4 aromatic carbocycles. The van der Waals surface area contributed by atoms with E-state index in [9.17, 15) is 4.79 Å². The molecule has 0 saturated heterocycles. The van der Waals surface area contributed by atoms with Crippen LogP contribution in [0.4, 0.5) is 5.69 Å². The smallest absolute Gasteiger partial charge is 0.162 e. The van der Waals surface area contributed by atoms with E-state index in [4.69, 9.17) is 32.7 Å². The van der Waals surface area contributed by atoms with Crippen LogP contribution in [0.25, 0.3) is 16.3 Å². The van der Waals surface area contributed by atoms with Crippen molar-refractivity contribution < 1.29 is 14.3 Å². The zero-order valence-electron chi connectivity index (χ0n) is 22.8. The molecular weight excluding hydrogens is 541 g/mol. The minimum Gasteiger partial charge on any atom is -0.490 e. The van der Waals surface area contributed by atoms with Crippen molar-refractivity contribution in [3.63, 3.8) is 0 Å². The van der Waals surface area contributed by atoms with E-state index >= 15 is 0 Å². The molecule has 204 valence electrons. The quantitative estimate of drug-likeness (QED) is 0.250. The van der Waals surface area contributed by atoms with Gasteiger partial charge in [0.15, 0.2) is 17.3 Å². The second-order valence-electron chi connectivity index (χ2n) is 11.3. The molecule has 4 nitrogen and oxygen atoms in total. The molecule has 0 unspecified atom stereocenters. The Labute approximate surface area is 244 Å². The largest absolute Gasteiger partial charge is 0.490 e. The third kappa shape index (κ3) is 4.95. The summed E-state index contributed by atoms with van der Waals surface area (Å²) in [4.78, 5) is 13.8. The summed E-state index contributed by atoms with van der Waals surface area (Å²) in [5.41, 5.74) is 5.88. The second kappa shape index (κ2) is 10.5. The highest BCUT2D eigenvalue weighted by Gasteiger charge is 2.41. The number of hydrogen-bond acceptors (Lipinski definition) is 4. The molecule has 0 amide bonds. The summed E-state index contributed by atoms with van der Waals surface area (Å²) in [7, 11) is 0. The van der Waals surface area contributed by atoms with Crippen molar-refractivity contribution in [3.05, 3.63) is 105 Å². The van der Waals surface area contributed by atoms with Crippen LogP contribution in [0.1, 0.15) is 56.3 Å². The van der Waals surface area contributed by atoms with Crippen molar-refractivity contribution in [2.24, 2.45) is 5.41 Å². The van der Waals surface area contributed by atoms with Crippen molar-refractivity contribution >= 4 is 51.0 Å². The maximum Gasteiger partial charge on any atom is 0.162 e. The van der Waals surface area contributed by atoms with Gasteiger partial charge in [-0.1, -0.05) is 79.5 Å². The number of halogens is 2. The molecule has 1 aliphatic carbocycles. The van der Waals surface area contributed by atoms with Crippen LogP contribution in [-0.2, 0) is 11.4 Å². The molecule has 4 aromatic rings. The monoisotopic (exact) mass is 571 g/mol. The minimum absolute atomic E-state index is 0.108. The van der Waals surface area contributed by atoms with Gasteiger partial charge in [0.25, 0.3) is 0 Å². The predicted octanol–water partition coefficient (Wildman–Crippen LogP) is 9.43. The second-order valence-corrected chi connectivity index (χ2v) is 12.1. The van der Waals surface area contributed by atoms with Gasteiger partial charge < -0.3 is 14.8 Å². The number of fused-ring (bicyclic) bond motifs is 4. The Morgan fingerprint density at radius 2 is 1.75 bits per heavy atom. The summed E-state index contributed by atoms with van der Waals surface area (Å²) >= 11 is 12.4. The fourth-order valence-electron chi connectivity index (χ4n) is 5.97. The van der Waals surface area contributed by atoms with E-state index < -0.39 is 0 Å². The molecule has 1 heterocycles. The number of carbonyl (C=O) groups excluding carboxylic acids is 1. The van der Waals surface area contributed by atoms with Gasteiger partial charge >= 0.3 is 0 Å². The van der Waals surface area contributed by atoms with E-state index in [0.717, 1.165) is 39.9 Å². The molecule has 0 aromatic heterocycles. The Balaban J connectivity index is 1.41. The van der Waals surface area contributed by atoms with E-state index in [0.29, 0.717) is 34.6 Å². The van der Waals surface area contributed by atoms with Crippen LogP contribution in [0.5, 0.6) is 11.5 Å². The lowest BCUT2D eigenvalue weighted by atomic mass is 9.68. The van der Waals surface area contributed by atoms with Gasteiger partial charge in [-0.3, -0.25) is 4.79 Å². The van der Waals surface area contributed by atoms with Gasteiger partial charge in [0.05, 0.1) is 12.6 Å². The lowest BCUT2D eigenvalue weighted by Crippen LogP contribution is -2.33. The Hall–Kier alpha value is -3.47. The summed E-state index contributed by atoms with van der Waals surface area (Å²) in [6, 6.07) is 23.7. The average molecular weight is 573 g/mol. The summed E-state index contributed by atoms with van der Waals surface area (Å²) in [5, 5.41) is 7.19. The van der Waals surface area contributed by atoms with Crippen LogP contribution < -0.4 is 14.8 Å². The number of nitrogens with one attached hydrogen (secondary N) is 1. The fraction of sp³-hybridized carbons (Fsp3) is 0.265. The maximum atomic E-state index is 13.8. The Kier molecular flexibility index (Phi) is 7.02. The number of ether oxygens (including phenoxy) is 2. The standard InChI is InChI=1S/C34H31Cl2NO3/c1-4-39-30-15-21(11-14-29(30)40-19-22-9-12-23(35)16-26(22)36)33-32-25(17-34(2,3)18-28(32)38)31-24-8-6-5-7-20(24)10-13-27(31)37-33/h5-16,33,37H,4,17-19H2,1-3H3/t33-/m0/s1. The van der Waals surface area contributed by atoms with E-state index in [1.807, 2.05) is 31.2 Å². The normalized spacial score (nSPS) is 17.7. The fourth-order valence-corrected chi connectivity index (χ4v) is 6.44. The summed E-state index contributed by atoms with van der Waals surface area (Å²) in [6.07, 6.45) is 1.36. The SMILES string of the molecule is CCOc1cc([C@@H]2Nc3ccc4ccccc4c3C3=C2C(=O)CC(C)(C)C3)ccc1OCc1ccc(Cl)cc1Cl. The van der Waals surface area contributed by atoms with Crippen LogP contribution in [0.15, 0.2) is 78.4 Å². The Bertz CT molecular complexity index is 1670. The van der Waals surface area contributed by atoms with E-state index in [1.165, 1.54) is 10.8 Å². The summed E-state index contributed by atoms with van der Waals surface area (Å²) in [5.74, 6) is 1.43. The molecule has 6 heteroatoms. The van der Waals surface area contributed by atoms with Crippen LogP contribution in [-0.4, -0.2) is 12.4 Å². The highest BCUT2D eigenvalue weighted by molar-refractivity contribution is 6.35. The van der Waals surface area contributed by atoms with Crippen molar-refractivity contribution in [1.29, 1.82) is 0 Å². The molecule has 40 heavy (non-hydrogen) atoms. The number of Topliss-reactive ketones (excluding diaryl/α,β-unsaturated/α-hetero) is 1. The third-order valence-electron chi connectivity index (χ3n) is 7.74. The Morgan fingerprint density at radius 1 is 0.925 bits per heavy atom. The number of carbonyl (C=O) groups is 1. The van der Waals surface area contributed by atoms with Crippen molar-refractivity contribution in [2.45, 2.75) is 46.3 Å². The van der Waals surface area contributed by atoms with Crippen molar-refractivity contribution in [3.8, 4) is 11.5 Å². The zero-order valence-corrected chi connectivity index (χ0v) is 24.3. The number of hydrogen-bond donors (Lipinski definition) is 1. The van der Waals surface area contributed by atoms with Gasteiger partial charge in [-0.15, -0.1) is 0 Å². The number of rotatable bonds is 6. The van der Waals surface area contributed by atoms with Gasteiger partial charge in [0.2, 0.25) is 0 Å². The maximum absolute atomic E-state index is 13.8. The first-order chi connectivity index (χ1) is 19.2. The van der Waals surface area contributed by atoms with E-state index in [1.54, 1.807) is 12.1 Å². The molecule has 2 aliphatic rings. The molecule has 0 fully saturated rings. The van der Waals surface area contributed by atoms with Crippen LogP contribution in [0.3, 0.4) is 0 Å².